The summed E-state index contributed by atoms with van der Waals surface area (Å²) in [6, 6.07) is 18.2. The van der Waals surface area contributed by atoms with Gasteiger partial charge < -0.3 is 0 Å². The van der Waals surface area contributed by atoms with E-state index in [2.05, 4.69) is 48.5 Å². The van der Waals surface area contributed by atoms with Gasteiger partial charge in [-0.25, -0.2) is 15.0 Å². The fourth-order valence-electron chi connectivity index (χ4n) is 2.75. The van der Waals surface area contributed by atoms with Crippen molar-refractivity contribution < 1.29 is 0 Å². The maximum Gasteiger partial charge on any atom is 0.231 e. The second-order valence-corrected chi connectivity index (χ2v) is 5.48. The molecule has 0 unspecified atom stereocenters. The van der Waals surface area contributed by atoms with Gasteiger partial charge in [-0.15, -0.1) is 0 Å². The first-order valence-electron chi connectivity index (χ1n) is 7.92. The van der Waals surface area contributed by atoms with Crippen molar-refractivity contribution in [3.8, 4) is 0 Å². The van der Waals surface area contributed by atoms with E-state index in [1.54, 1.807) is 12.4 Å². The van der Waals surface area contributed by atoms with Crippen LogP contribution in [0.4, 0.5) is 11.8 Å². The molecule has 0 aliphatic rings. The Bertz CT molecular complexity index is 918. The Kier molecular flexibility index (Phi) is 3.90. The van der Waals surface area contributed by atoms with Crippen molar-refractivity contribution >= 4 is 17.4 Å². The smallest absolute Gasteiger partial charge is 0.231 e. The maximum absolute atomic E-state index is 4.49. The molecule has 5 nitrogen and oxygen atoms in total. The molecule has 0 aliphatic carbocycles. The summed E-state index contributed by atoms with van der Waals surface area (Å²) >= 11 is 0. The minimum atomic E-state index is 0.680. The highest BCUT2D eigenvalue weighted by Gasteiger charge is 2.16. The summed E-state index contributed by atoms with van der Waals surface area (Å²) in [6.45, 7) is 0.775. The van der Waals surface area contributed by atoms with Crippen LogP contribution >= 0.6 is 0 Å². The van der Waals surface area contributed by atoms with Gasteiger partial charge in [-0.1, -0.05) is 36.4 Å². The van der Waals surface area contributed by atoms with Crippen LogP contribution < -0.4 is 4.90 Å². The molecular formula is C19H17N5. The van der Waals surface area contributed by atoms with Crippen LogP contribution in [0.3, 0.4) is 0 Å². The number of hydrogen-bond donors (Lipinski definition) is 0. The molecule has 0 atom stereocenters. The number of anilines is 2. The van der Waals surface area contributed by atoms with Crippen molar-refractivity contribution in [1.29, 1.82) is 0 Å². The van der Waals surface area contributed by atoms with Crippen molar-refractivity contribution in [2.45, 2.75) is 6.42 Å². The first kappa shape index (κ1) is 14.4. The molecule has 5 heteroatoms. The zero-order valence-corrected chi connectivity index (χ0v) is 13.2. The number of fused-ring (bicyclic) bond motifs is 1. The Hall–Kier alpha value is -3.21. The molecule has 0 amide bonds. The fraction of sp³-hybridized carbons (Fsp3) is 0.105. The molecule has 0 bridgehead atoms. The third kappa shape index (κ3) is 2.84. The fourth-order valence-corrected chi connectivity index (χ4v) is 2.75. The number of pyridine rings is 1. The molecule has 118 valence electrons. The first-order chi connectivity index (χ1) is 11.9. The Balaban J connectivity index is 1.71. The van der Waals surface area contributed by atoms with Crippen LogP contribution in [0.25, 0.3) is 5.65 Å². The Morgan fingerprint density at radius 3 is 2.46 bits per heavy atom. The molecular weight excluding hydrogens is 298 g/mol. The number of imidazole rings is 1. The average Bonchev–Trinajstić information content (AvgIpc) is 3.08. The van der Waals surface area contributed by atoms with Gasteiger partial charge in [-0.05, 0) is 30.2 Å². The summed E-state index contributed by atoms with van der Waals surface area (Å²) in [4.78, 5) is 15.4. The highest BCUT2D eigenvalue weighted by molar-refractivity contribution is 5.58. The summed E-state index contributed by atoms with van der Waals surface area (Å²) in [6.07, 6.45) is 8.31. The third-order valence-corrected chi connectivity index (χ3v) is 3.93. The van der Waals surface area contributed by atoms with Crippen molar-refractivity contribution in [2.75, 3.05) is 11.4 Å². The monoisotopic (exact) mass is 315 g/mol. The molecule has 0 spiro atoms. The Morgan fingerprint density at radius 2 is 1.62 bits per heavy atom. The van der Waals surface area contributed by atoms with Gasteiger partial charge in [0.05, 0.1) is 6.20 Å². The number of rotatable bonds is 5. The van der Waals surface area contributed by atoms with E-state index >= 15 is 0 Å². The molecule has 0 radical (unpaired) electrons. The summed E-state index contributed by atoms with van der Waals surface area (Å²) in [5, 5.41) is 0. The molecule has 4 aromatic rings. The van der Waals surface area contributed by atoms with Gasteiger partial charge in [0.25, 0.3) is 0 Å². The highest BCUT2D eigenvalue weighted by Crippen LogP contribution is 2.23. The summed E-state index contributed by atoms with van der Waals surface area (Å²) in [5.74, 6) is 1.65. The summed E-state index contributed by atoms with van der Waals surface area (Å²) < 4.78 is 2.06. The van der Waals surface area contributed by atoms with Gasteiger partial charge in [0.2, 0.25) is 5.95 Å². The Morgan fingerprint density at radius 1 is 0.833 bits per heavy atom. The zero-order chi connectivity index (χ0) is 16.2. The lowest BCUT2D eigenvalue weighted by Crippen LogP contribution is -2.23. The number of hydrogen-bond acceptors (Lipinski definition) is 4. The Labute approximate surface area is 140 Å². The van der Waals surface area contributed by atoms with Crippen LogP contribution in [0.1, 0.15) is 5.56 Å². The first-order valence-corrected chi connectivity index (χ1v) is 7.92. The number of benzene rings is 1. The van der Waals surface area contributed by atoms with Crippen LogP contribution in [0.5, 0.6) is 0 Å². The van der Waals surface area contributed by atoms with Gasteiger partial charge >= 0.3 is 0 Å². The van der Waals surface area contributed by atoms with Gasteiger partial charge in [-0.3, -0.25) is 9.30 Å². The van der Waals surface area contributed by atoms with Crippen molar-refractivity contribution in [3.63, 3.8) is 0 Å². The molecule has 0 saturated heterocycles. The molecule has 0 N–H and O–H groups in total. The maximum atomic E-state index is 4.49. The van der Waals surface area contributed by atoms with Gasteiger partial charge in [0.15, 0.2) is 0 Å². The van der Waals surface area contributed by atoms with Crippen LogP contribution in [0.2, 0.25) is 0 Å². The van der Waals surface area contributed by atoms with E-state index in [1.807, 2.05) is 42.7 Å². The van der Waals surface area contributed by atoms with Gasteiger partial charge in [0, 0.05) is 25.1 Å². The highest BCUT2D eigenvalue weighted by atomic mass is 15.3. The molecule has 24 heavy (non-hydrogen) atoms. The topological polar surface area (TPSA) is 46.3 Å². The molecule has 4 rings (SSSR count). The van der Waals surface area contributed by atoms with E-state index < -0.39 is 0 Å². The van der Waals surface area contributed by atoms with E-state index in [0.29, 0.717) is 5.95 Å². The van der Waals surface area contributed by atoms with Crippen molar-refractivity contribution in [2.24, 2.45) is 0 Å². The van der Waals surface area contributed by atoms with Crippen LogP contribution in [-0.2, 0) is 6.42 Å². The number of nitrogens with zero attached hydrogens (tertiary/aromatic N) is 5. The van der Waals surface area contributed by atoms with E-state index in [1.165, 1.54) is 5.56 Å². The van der Waals surface area contributed by atoms with E-state index in [-0.39, 0.29) is 0 Å². The van der Waals surface area contributed by atoms with E-state index in [9.17, 15) is 0 Å². The minimum absolute atomic E-state index is 0.680. The minimum Gasteiger partial charge on any atom is -0.294 e. The van der Waals surface area contributed by atoms with Crippen LogP contribution in [0, 0.1) is 0 Å². The summed E-state index contributed by atoms with van der Waals surface area (Å²) in [7, 11) is 0. The van der Waals surface area contributed by atoms with Crippen molar-refractivity contribution in [3.05, 3.63) is 84.9 Å². The standard InChI is InChI=1S/C19H17N5/c1-2-7-16(8-3-1)10-14-24(19-20-11-6-12-21-19)18-15-22-17-9-4-5-13-23(17)18/h1-9,11-13,15H,10,14H2. The van der Waals surface area contributed by atoms with E-state index in [4.69, 9.17) is 0 Å². The van der Waals surface area contributed by atoms with Crippen molar-refractivity contribution in [1.82, 2.24) is 19.4 Å². The third-order valence-electron chi connectivity index (χ3n) is 3.93. The largest absolute Gasteiger partial charge is 0.294 e. The van der Waals surface area contributed by atoms with Crippen LogP contribution in [0.15, 0.2) is 79.4 Å². The van der Waals surface area contributed by atoms with Gasteiger partial charge in [0.1, 0.15) is 11.5 Å². The zero-order valence-electron chi connectivity index (χ0n) is 13.2. The van der Waals surface area contributed by atoms with E-state index in [0.717, 1.165) is 24.4 Å². The molecule has 0 saturated carbocycles. The molecule has 3 heterocycles. The SMILES string of the molecule is c1ccc(CCN(c2ncccn2)c2cnc3ccccn23)cc1. The molecule has 0 aliphatic heterocycles. The summed E-state index contributed by atoms with van der Waals surface area (Å²) in [5.41, 5.74) is 2.19. The molecule has 1 aromatic carbocycles. The number of aromatic nitrogens is 4. The second-order valence-electron chi connectivity index (χ2n) is 5.48. The molecule has 0 fully saturated rings. The quantitative estimate of drug-likeness (QED) is 0.565. The van der Waals surface area contributed by atoms with Crippen LogP contribution in [-0.4, -0.2) is 25.9 Å². The predicted molar refractivity (Wildman–Crippen MR) is 94.4 cm³/mol. The predicted octanol–water partition coefficient (Wildman–Crippen LogP) is 3.51. The second kappa shape index (κ2) is 6.50. The molecule has 3 aromatic heterocycles. The lowest BCUT2D eigenvalue weighted by Gasteiger charge is -2.21. The average molecular weight is 315 g/mol. The lowest BCUT2D eigenvalue weighted by atomic mass is 10.1. The van der Waals surface area contributed by atoms with Gasteiger partial charge in [-0.2, -0.15) is 0 Å². The normalized spacial score (nSPS) is 10.8. The lowest BCUT2D eigenvalue weighted by molar-refractivity contribution is 0.853.